The Hall–Kier alpha value is -3.25. The Morgan fingerprint density at radius 2 is 1.50 bits per heavy atom. The molecule has 2 N–H and O–H groups in total. The number of hydrazone groups is 1. The van der Waals surface area contributed by atoms with Gasteiger partial charge in [-0.3, -0.25) is 9.59 Å². The summed E-state index contributed by atoms with van der Waals surface area (Å²) in [4.78, 5) is 25.2. The van der Waals surface area contributed by atoms with Gasteiger partial charge in [0.2, 0.25) is 0 Å². The first kappa shape index (κ1) is 21.5. The van der Waals surface area contributed by atoms with Crippen LogP contribution in [0.15, 0.2) is 82.4 Å². The maximum Gasteiger partial charge on any atom is 0.273 e. The molecule has 30 heavy (non-hydrogen) atoms. The average Bonchev–Trinajstić information content (AvgIpc) is 2.74. The van der Waals surface area contributed by atoms with Gasteiger partial charge in [-0.2, -0.15) is 5.10 Å². The lowest BCUT2D eigenvalue weighted by Gasteiger charge is -2.11. The SMILES string of the molecule is CC(C)c1ccc(/C=N/NC(=O)c2ccccc2NC(=O)c2ccccc2Br)cc1. The summed E-state index contributed by atoms with van der Waals surface area (Å²) in [6, 6.07) is 21.9. The molecule has 0 aliphatic carbocycles. The summed E-state index contributed by atoms with van der Waals surface area (Å²) in [6.07, 6.45) is 1.59. The van der Waals surface area contributed by atoms with E-state index in [4.69, 9.17) is 0 Å². The van der Waals surface area contributed by atoms with Gasteiger partial charge < -0.3 is 5.32 Å². The highest BCUT2D eigenvalue weighted by Crippen LogP contribution is 2.20. The molecular weight excluding hydrogens is 442 g/mol. The van der Waals surface area contributed by atoms with E-state index in [0.717, 1.165) is 5.56 Å². The molecule has 0 unspecified atom stereocenters. The van der Waals surface area contributed by atoms with E-state index >= 15 is 0 Å². The van der Waals surface area contributed by atoms with Gasteiger partial charge in [-0.25, -0.2) is 5.43 Å². The molecule has 3 aromatic carbocycles. The molecular formula is C24H22BrN3O2. The van der Waals surface area contributed by atoms with Gasteiger partial charge in [0.15, 0.2) is 0 Å². The standard InChI is InChI=1S/C24H22BrN3O2/c1-16(2)18-13-11-17(12-14-18)15-26-28-24(30)20-8-4-6-10-22(20)27-23(29)19-7-3-5-9-21(19)25/h3-16H,1-2H3,(H,27,29)(H,28,30)/b26-15+. The average molecular weight is 464 g/mol. The Labute approximate surface area is 184 Å². The monoisotopic (exact) mass is 463 g/mol. The molecule has 0 bridgehead atoms. The lowest BCUT2D eigenvalue weighted by molar-refractivity contribution is 0.0956. The summed E-state index contributed by atoms with van der Waals surface area (Å²) < 4.78 is 0.678. The van der Waals surface area contributed by atoms with Crippen molar-refractivity contribution in [2.75, 3.05) is 5.32 Å². The number of nitrogens with one attached hydrogen (secondary N) is 2. The van der Waals surface area contributed by atoms with Crippen molar-refractivity contribution >= 4 is 39.6 Å². The highest BCUT2D eigenvalue weighted by molar-refractivity contribution is 9.10. The third kappa shape index (κ3) is 5.42. The third-order valence-electron chi connectivity index (χ3n) is 4.52. The van der Waals surface area contributed by atoms with E-state index in [2.05, 4.69) is 45.6 Å². The first-order valence-electron chi connectivity index (χ1n) is 9.54. The fourth-order valence-corrected chi connectivity index (χ4v) is 3.28. The van der Waals surface area contributed by atoms with Crippen LogP contribution in [0, 0.1) is 0 Å². The first-order chi connectivity index (χ1) is 14.5. The van der Waals surface area contributed by atoms with Crippen molar-refractivity contribution in [1.82, 2.24) is 5.43 Å². The van der Waals surface area contributed by atoms with Crippen LogP contribution >= 0.6 is 15.9 Å². The van der Waals surface area contributed by atoms with E-state index in [9.17, 15) is 9.59 Å². The minimum Gasteiger partial charge on any atom is -0.321 e. The molecule has 0 spiro atoms. The number of amides is 2. The summed E-state index contributed by atoms with van der Waals surface area (Å²) >= 11 is 3.37. The largest absolute Gasteiger partial charge is 0.321 e. The Morgan fingerprint density at radius 1 is 0.867 bits per heavy atom. The molecule has 0 fully saturated rings. The topological polar surface area (TPSA) is 70.6 Å². The highest BCUT2D eigenvalue weighted by Gasteiger charge is 2.15. The van der Waals surface area contributed by atoms with Gasteiger partial charge >= 0.3 is 0 Å². The quantitative estimate of drug-likeness (QED) is 0.369. The normalized spacial score (nSPS) is 10.9. The van der Waals surface area contributed by atoms with Crippen molar-refractivity contribution < 1.29 is 9.59 Å². The second-order valence-corrected chi connectivity index (χ2v) is 7.85. The predicted octanol–water partition coefficient (Wildman–Crippen LogP) is 5.59. The summed E-state index contributed by atoms with van der Waals surface area (Å²) in [5, 5.41) is 6.83. The van der Waals surface area contributed by atoms with E-state index < -0.39 is 5.91 Å². The summed E-state index contributed by atoms with van der Waals surface area (Å²) in [7, 11) is 0. The smallest absolute Gasteiger partial charge is 0.273 e. The molecule has 0 radical (unpaired) electrons. The third-order valence-corrected chi connectivity index (χ3v) is 5.21. The van der Waals surface area contributed by atoms with Gasteiger partial charge in [0, 0.05) is 4.47 Å². The van der Waals surface area contributed by atoms with Crippen LogP contribution in [0.3, 0.4) is 0 Å². The molecule has 0 saturated heterocycles. The van der Waals surface area contributed by atoms with Crippen LogP contribution < -0.4 is 10.7 Å². The molecule has 152 valence electrons. The number of nitrogens with zero attached hydrogens (tertiary/aromatic N) is 1. The van der Waals surface area contributed by atoms with Gasteiger partial charge in [-0.15, -0.1) is 0 Å². The number of carbonyl (C=O) groups excluding carboxylic acids is 2. The van der Waals surface area contributed by atoms with Crippen LogP contribution in [-0.4, -0.2) is 18.0 Å². The zero-order chi connectivity index (χ0) is 21.5. The number of rotatable bonds is 6. The van der Waals surface area contributed by atoms with Gasteiger partial charge in [0.25, 0.3) is 11.8 Å². The summed E-state index contributed by atoms with van der Waals surface area (Å²) in [5.41, 5.74) is 5.86. The van der Waals surface area contributed by atoms with Crippen molar-refractivity contribution in [3.63, 3.8) is 0 Å². The van der Waals surface area contributed by atoms with Crippen molar-refractivity contribution in [2.45, 2.75) is 19.8 Å². The van der Waals surface area contributed by atoms with E-state index in [-0.39, 0.29) is 5.91 Å². The van der Waals surface area contributed by atoms with Crippen molar-refractivity contribution in [2.24, 2.45) is 5.10 Å². The Kier molecular flexibility index (Phi) is 7.14. The molecule has 3 aromatic rings. The molecule has 0 aromatic heterocycles. The number of carbonyl (C=O) groups is 2. The van der Waals surface area contributed by atoms with Crippen LogP contribution in [0.4, 0.5) is 5.69 Å². The maximum atomic E-state index is 12.6. The molecule has 3 rings (SSSR count). The summed E-state index contributed by atoms with van der Waals surface area (Å²) in [6.45, 7) is 4.27. The molecule has 2 amide bonds. The lowest BCUT2D eigenvalue weighted by Crippen LogP contribution is -2.21. The number of hydrogen-bond acceptors (Lipinski definition) is 3. The van der Waals surface area contributed by atoms with Crippen molar-refractivity contribution in [3.8, 4) is 0 Å². The minimum absolute atomic E-state index is 0.309. The first-order valence-corrected chi connectivity index (χ1v) is 10.3. The van der Waals surface area contributed by atoms with E-state index in [1.807, 2.05) is 30.3 Å². The number of halogens is 1. The molecule has 0 saturated carbocycles. The molecule has 0 aliphatic rings. The summed E-state index contributed by atoms with van der Waals surface area (Å²) in [5.74, 6) is -0.261. The number of anilines is 1. The van der Waals surface area contributed by atoms with Crippen LogP contribution in [0.25, 0.3) is 0 Å². The number of hydrogen-bond donors (Lipinski definition) is 2. The van der Waals surface area contributed by atoms with Crippen LogP contribution in [0.5, 0.6) is 0 Å². The van der Waals surface area contributed by atoms with E-state index in [1.165, 1.54) is 5.56 Å². The van der Waals surface area contributed by atoms with Gasteiger partial charge in [-0.05, 0) is 57.2 Å². The van der Waals surface area contributed by atoms with Crippen molar-refractivity contribution in [3.05, 3.63) is 99.5 Å². The fraction of sp³-hybridized carbons (Fsp3) is 0.125. The molecule has 0 atom stereocenters. The van der Waals surface area contributed by atoms with E-state index in [1.54, 1.807) is 48.7 Å². The Bertz CT molecular complexity index is 1080. The predicted molar refractivity (Wildman–Crippen MR) is 124 cm³/mol. The second-order valence-electron chi connectivity index (χ2n) is 7.00. The Morgan fingerprint density at radius 3 is 2.17 bits per heavy atom. The minimum atomic E-state index is -0.409. The van der Waals surface area contributed by atoms with E-state index in [0.29, 0.717) is 27.2 Å². The lowest BCUT2D eigenvalue weighted by atomic mass is 10.0. The van der Waals surface area contributed by atoms with Crippen LogP contribution in [-0.2, 0) is 0 Å². The van der Waals surface area contributed by atoms with Gasteiger partial charge in [0.05, 0.1) is 23.0 Å². The second kappa shape index (κ2) is 9.98. The molecule has 0 heterocycles. The van der Waals surface area contributed by atoms with Crippen molar-refractivity contribution in [1.29, 1.82) is 0 Å². The zero-order valence-electron chi connectivity index (χ0n) is 16.7. The van der Waals surface area contributed by atoms with Crippen LogP contribution in [0.1, 0.15) is 51.6 Å². The molecule has 6 heteroatoms. The molecule has 5 nitrogen and oxygen atoms in total. The number of para-hydroxylation sites is 1. The highest BCUT2D eigenvalue weighted by atomic mass is 79.9. The Balaban J connectivity index is 1.69. The van der Waals surface area contributed by atoms with Gasteiger partial charge in [0.1, 0.15) is 0 Å². The maximum absolute atomic E-state index is 12.6. The van der Waals surface area contributed by atoms with Gasteiger partial charge in [-0.1, -0.05) is 62.4 Å². The zero-order valence-corrected chi connectivity index (χ0v) is 18.3. The molecule has 0 aliphatic heterocycles. The number of benzene rings is 3. The van der Waals surface area contributed by atoms with Crippen LogP contribution in [0.2, 0.25) is 0 Å². The fourth-order valence-electron chi connectivity index (χ4n) is 2.82.